The summed E-state index contributed by atoms with van der Waals surface area (Å²) in [7, 11) is 0. The molecule has 1 aliphatic carbocycles. The van der Waals surface area contributed by atoms with Crippen molar-refractivity contribution in [2.45, 2.75) is 38.5 Å². The van der Waals surface area contributed by atoms with E-state index in [9.17, 15) is 9.90 Å². The van der Waals surface area contributed by atoms with Crippen LogP contribution in [0.4, 0.5) is 0 Å². The fraction of sp³-hybridized carbons (Fsp3) is 0.375. The fourth-order valence-corrected chi connectivity index (χ4v) is 4.01. The maximum atomic E-state index is 11.3. The number of aromatic nitrogens is 1. The summed E-state index contributed by atoms with van der Waals surface area (Å²) in [6.07, 6.45) is 3.76. The van der Waals surface area contributed by atoms with Crippen LogP contribution in [0.2, 0.25) is 0 Å². The van der Waals surface area contributed by atoms with Gasteiger partial charge < -0.3 is 5.11 Å². The van der Waals surface area contributed by atoms with Crippen LogP contribution in [0.5, 0.6) is 0 Å². The standard InChI is InChI=1S/C16H17NO2S/c1-2-5-13-14(16(18)19)20-15(17-13)12-9-8-10-6-3-4-7-11(10)12/h3-4,6-7,12H,2,5,8-9H2,1H3,(H,18,19). The molecule has 1 unspecified atom stereocenters. The van der Waals surface area contributed by atoms with Crippen LogP contribution in [0.1, 0.15) is 57.2 Å². The fourth-order valence-electron chi connectivity index (χ4n) is 2.91. The van der Waals surface area contributed by atoms with Crippen molar-refractivity contribution in [1.82, 2.24) is 4.98 Å². The number of hydrogen-bond donors (Lipinski definition) is 1. The Kier molecular flexibility index (Phi) is 3.57. The summed E-state index contributed by atoms with van der Waals surface area (Å²) < 4.78 is 0. The molecule has 1 aromatic carbocycles. The molecule has 1 atom stereocenters. The molecule has 0 bridgehead atoms. The van der Waals surface area contributed by atoms with Crippen molar-refractivity contribution in [1.29, 1.82) is 0 Å². The molecule has 104 valence electrons. The van der Waals surface area contributed by atoms with Crippen LogP contribution in [0.15, 0.2) is 24.3 Å². The number of carboxylic acid groups (broad SMARTS) is 1. The zero-order chi connectivity index (χ0) is 14.1. The van der Waals surface area contributed by atoms with Crippen molar-refractivity contribution < 1.29 is 9.90 Å². The quantitative estimate of drug-likeness (QED) is 0.928. The third-order valence-electron chi connectivity index (χ3n) is 3.83. The van der Waals surface area contributed by atoms with Crippen LogP contribution in [0.3, 0.4) is 0 Å². The van der Waals surface area contributed by atoms with Crippen molar-refractivity contribution in [2.24, 2.45) is 0 Å². The van der Waals surface area contributed by atoms with E-state index >= 15 is 0 Å². The van der Waals surface area contributed by atoms with E-state index in [1.54, 1.807) is 0 Å². The highest BCUT2D eigenvalue weighted by atomic mass is 32.1. The van der Waals surface area contributed by atoms with E-state index in [-0.39, 0.29) is 5.92 Å². The number of carboxylic acids is 1. The predicted octanol–water partition coefficient (Wildman–Crippen LogP) is 3.87. The van der Waals surface area contributed by atoms with Crippen LogP contribution < -0.4 is 0 Å². The van der Waals surface area contributed by atoms with Gasteiger partial charge in [0.05, 0.1) is 5.69 Å². The highest BCUT2D eigenvalue weighted by molar-refractivity contribution is 7.13. The minimum Gasteiger partial charge on any atom is -0.477 e. The molecule has 0 fully saturated rings. The van der Waals surface area contributed by atoms with Crippen molar-refractivity contribution >= 4 is 17.3 Å². The number of aryl methyl sites for hydroxylation is 2. The van der Waals surface area contributed by atoms with Crippen LogP contribution in [0, 0.1) is 0 Å². The highest BCUT2D eigenvalue weighted by Crippen LogP contribution is 2.40. The van der Waals surface area contributed by atoms with Crippen LogP contribution in [-0.4, -0.2) is 16.1 Å². The molecule has 0 saturated heterocycles. The van der Waals surface area contributed by atoms with Gasteiger partial charge in [0.2, 0.25) is 0 Å². The third kappa shape index (κ3) is 2.24. The van der Waals surface area contributed by atoms with Crippen molar-refractivity contribution in [3.8, 4) is 0 Å². The molecule has 4 heteroatoms. The first-order valence-corrected chi connectivity index (χ1v) is 7.83. The Balaban J connectivity index is 2.00. The molecule has 1 aromatic heterocycles. The van der Waals surface area contributed by atoms with Gasteiger partial charge in [0.15, 0.2) is 0 Å². The maximum Gasteiger partial charge on any atom is 0.347 e. The zero-order valence-electron chi connectivity index (χ0n) is 11.4. The van der Waals surface area contributed by atoms with E-state index in [4.69, 9.17) is 0 Å². The number of nitrogens with zero attached hydrogens (tertiary/aromatic N) is 1. The van der Waals surface area contributed by atoms with Gasteiger partial charge in [-0.15, -0.1) is 11.3 Å². The second-order valence-electron chi connectivity index (χ2n) is 5.17. The summed E-state index contributed by atoms with van der Waals surface area (Å²) in [6, 6.07) is 8.42. The van der Waals surface area contributed by atoms with Gasteiger partial charge in [-0.2, -0.15) is 0 Å². The summed E-state index contributed by atoms with van der Waals surface area (Å²) in [6.45, 7) is 2.05. The number of fused-ring (bicyclic) bond motifs is 1. The lowest BCUT2D eigenvalue weighted by molar-refractivity contribution is 0.0700. The average molecular weight is 287 g/mol. The summed E-state index contributed by atoms with van der Waals surface area (Å²) in [5.41, 5.74) is 3.45. The molecule has 1 heterocycles. The van der Waals surface area contributed by atoms with E-state index < -0.39 is 5.97 Å². The van der Waals surface area contributed by atoms with E-state index in [0.717, 1.165) is 36.4 Å². The Bertz CT molecular complexity index is 648. The summed E-state index contributed by atoms with van der Waals surface area (Å²) in [5, 5.41) is 10.3. The molecule has 3 rings (SSSR count). The number of thiazole rings is 1. The van der Waals surface area contributed by atoms with Gasteiger partial charge in [0, 0.05) is 5.92 Å². The lowest BCUT2D eigenvalue weighted by Gasteiger charge is -2.07. The monoisotopic (exact) mass is 287 g/mol. The number of benzene rings is 1. The molecular weight excluding hydrogens is 270 g/mol. The largest absolute Gasteiger partial charge is 0.477 e. The predicted molar refractivity (Wildman–Crippen MR) is 79.7 cm³/mol. The van der Waals surface area contributed by atoms with Crippen LogP contribution in [0.25, 0.3) is 0 Å². The van der Waals surface area contributed by atoms with E-state index in [0.29, 0.717) is 4.88 Å². The van der Waals surface area contributed by atoms with Gasteiger partial charge >= 0.3 is 5.97 Å². The molecule has 1 N–H and O–H groups in total. The Morgan fingerprint density at radius 3 is 3.00 bits per heavy atom. The first kappa shape index (κ1) is 13.3. The molecule has 2 aromatic rings. The third-order valence-corrected chi connectivity index (χ3v) is 5.03. The minimum atomic E-state index is -0.844. The molecule has 3 nitrogen and oxygen atoms in total. The number of aromatic carboxylic acids is 1. The second-order valence-corrected chi connectivity index (χ2v) is 6.20. The summed E-state index contributed by atoms with van der Waals surface area (Å²) in [4.78, 5) is 16.4. The number of rotatable bonds is 4. The lowest BCUT2D eigenvalue weighted by Crippen LogP contribution is -1.98. The average Bonchev–Trinajstić information content (AvgIpc) is 3.02. The summed E-state index contributed by atoms with van der Waals surface area (Å²) >= 11 is 1.36. The van der Waals surface area contributed by atoms with Crippen molar-refractivity contribution in [3.63, 3.8) is 0 Å². The molecular formula is C16H17NO2S. The van der Waals surface area contributed by atoms with Gasteiger partial charge in [-0.1, -0.05) is 37.6 Å². The molecule has 20 heavy (non-hydrogen) atoms. The normalized spacial score (nSPS) is 17.1. The van der Waals surface area contributed by atoms with Crippen molar-refractivity contribution in [2.75, 3.05) is 0 Å². The lowest BCUT2D eigenvalue weighted by atomic mass is 10.0. The van der Waals surface area contributed by atoms with Crippen LogP contribution >= 0.6 is 11.3 Å². The van der Waals surface area contributed by atoms with Gasteiger partial charge in [-0.25, -0.2) is 9.78 Å². The SMILES string of the molecule is CCCc1nc(C2CCc3ccccc32)sc1C(=O)O. The zero-order valence-corrected chi connectivity index (χ0v) is 12.2. The number of hydrogen-bond acceptors (Lipinski definition) is 3. The number of carbonyl (C=O) groups is 1. The maximum absolute atomic E-state index is 11.3. The molecule has 0 saturated carbocycles. The first-order chi connectivity index (χ1) is 9.70. The van der Waals surface area contributed by atoms with E-state index in [2.05, 4.69) is 36.2 Å². The van der Waals surface area contributed by atoms with Gasteiger partial charge in [0.25, 0.3) is 0 Å². The molecule has 0 amide bonds. The smallest absolute Gasteiger partial charge is 0.347 e. The van der Waals surface area contributed by atoms with Crippen molar-refractivity contribution in [3.05, 3.63) is 51.0 Å². The summed E-state index contributed by atoms with van der Waals surface area (Å²) in [5.74, 6) is -0.566. The van der Waals surface area contributed by atoms with Crippen LogP contribution in [-0.2, 0) is 12.8 Å². The van der Waals surface area contributed by atoms with Gasteiger partial charge in [-0.05, 0) is 30.4 Å². The first-order valence-electron chi connectivity index (χ1n) is 7.01. The van der Waals surface area contributed by atoms with Gasteiger partial charge in [0.1, 0.15) is 9.88 Å². The Hall–Kier alpha value is -1.68. The van der Waals surface area contributed by atoms with E-state index in [1.807, 2.05) is 0 Å². The second kappa shape index (κ2) is 5.37. The molecule has 0 aliphatic heterocycles. The highest BCUT2D eigenvalue weighted by Gasteiger charge is 2.28. The Morgan fingerprint density at radius 2 is 2.25 bits per heavy atom. The molecule has 0 radical (unpaired) electrons. The Morgan fingerprint density at radius 1 is 1.45 bits per heavy atom. The molecule has 1 aliphatic rings. The Labute approximate surface area is 122 Å². The molecule has 0 spiro atoms. The topological polar surface area (TPSA) is 50.2 Å². The minimum absolute atomic E-state index is 0.278. The van der Waals surface area contributed by atoms with E-state index in [1.165, 1.54) is 22.5 Å². The van der Waals surface area contributed by atoms with Gasteiger partial charge in [-0.3, -0.25) is 0 Å².